The molecule has 2 amide bonds. The van der Waals surface area contributed by atoms with Crippen LogP contribution in [-0.2, 0) is 11.3 Å². The van der Waals surface area contributed by atoms with Crippen LogP contribution < -0.4 is 5.32 Å². The van der Waals surface area contributed by atoms with E-state index < -0.39 is 0 Å². The van der Waals surface area contributed by atoms with Crippen LogP contribution in [0.15, 0.2) is 33.3 Å². The minimum atomic E-state index is -0.0992. The molecule has 0 aliphatic carbocycles. The molecule has 0 unspecified atom stereocenters. The lowest BCUT2D eigenvalue weighted by atomic mass is 10.1. The second-order valence-corrected chi connectivity index (χ2v) is 6.79. The summed E-state index contributed by atoms with van der Waals surface area (Å²) in [5, 5.41) is 2.82. The molecule has 0 atom stereocenters. The van der Waals surface area contributed by atoms with Gasteiger partial charge in [-0.25, -0.2) is 0 Å². The fraction of sp³-hybridized carbons (Fsp3) is 0.524. The Labute approximate surface area is 160 Å². The molecule has 0 aliphatic rings. The van der Waals surface area contributed by atoms with Gasteiger partial charge in [0.05, 0.1) is 18.4 Å². The highest BCUT2D eigenvalue weighted by molar-refractivity contribution is 5.95. The van der Waals surface area contributed by atoms with Gasteiger partial charge in [0.15, 0.2) is 0 Å². The molecular weight excluding hydrogens is 344 g/mol. The first-order valence-electron chi connectivity index (χ1n) is 9.66. The largest absolute Gasteiger partial charge is 0.467 e. The van der Waals surface area contributed by atoms with Crippen molar-refractivity contribution in [3.8, 4) is 0 Å². The molecule has 2 aromatic rings. The molecule has 0 aromatic carbocycles. The van der Waals surface area contributed by atoms with Crippen LogP contribution in [0.1, 0.15) is 66.7 Å². The molecule has 1 N–H and O–H groups in total. The van der Waals surface area contributed by atoms with Gasteiger partial charge in [0.25, 0.3) is 5.91 Å². The zero-order chi connectivity index (χ0) is 19.6. The molecule has 148 valence electrons. The number of unbranched alkanes of at least 4 members (excludes halogenated alkanes) is 3. The summed E-state index contributed by atoms with van der Waals surface area (Å²) in [7, 11) is 0. The second-order valence-electron chi connectivity index (χ2n) is 6.79. The van der Waals surface area contributed by atoms with Crippen molar-refractivity contribution in [3.63, 3.8) is 0 Å². The third-order valence-electron chi connectivity index (χ3n) is 4.49. The normalized spacial score (nSPS) is 10.8. The van der Waals surface area contributed by atoms with Crippen LogP contribution in [0.3, 0.4) is 0 Å². The standard InChI is InChI=1S/C21H30N2O4/c1-4-5-6-7-11-23(21(25)19-14-16(2)27-17(19)3)12-10-20(24)22-15-18-9-8-13-26-18/h8-9,13-14H,4-7,10-12,15H2,1-3H3,(H,22,24). The van der Waals surface area contributed by atoms with Crippen molar-refractivity contribution >= 4 is 11.8 Å². The molecule has 6 nitrogen and oxygen atoms in total. The van der Waals surface area contributed by atoms with E-state index >= 15 is 0 Å². The maximum absolute atomic E-state index is 12.9. The zero-order valence-corrected chi connectivity index (χ0v) is 16.5. The summed E-state index contributed by atoms with van der Waals surface area (Å²) in [6.45, 7) is 7.18. The van der Waals surface area contributed by atoms with Gasteiger partial charge in [-0.2, -0.15) is 0 Å². The van der Waals surface area contributed by atoms with Crippen molar-refractivity contribution in [1.29, 1.82) is 0 Å². The highest BCUT2D eigenvalue weighted by Gasteiger charge is 2.21. The lowest BCUT2D eigenvalue weighted by Crippen LogP contribution is -2.36. The smallest absolute Gasteiger partial charge is 0.257 e. The molecule has 0 saturated heterocycles. The second kappa shape index (κ2) is 10.6. The Morgan fingerprint density at radius 1 is 1.15 bits per heavy atom. The molecule has 6 heteroatoms. The van der Waals surface area contributed by atoms with Crippen molar-refractivity contribution < 1.29 is 18.4 Å². The van der Waals surface area contributed by atoms with Gasteiger partial charge in [-0.15, -0.1) is 0 Å². The van der Waals surface area contributed by atoms with Crippen molar-refractivity contribution in [2.45, 2.75) is 59.4 Å². The Morgan fingerprint density at radius 2 is 1.96 bits per heavy atom. The first kappa shape index (κ1) is 20.8. The Kier molecular flexibility index (Phi) is 8.17. The number of nitrogens with zero attached hydrogens (tertiary/aromatic N) is 1. The molecule has 0 saturated carbocycles. The molecule has 2 heterocycles. The van der Waals surface area contributed by atoms with Crippen LogP contribution in [0.5, 0.6) is 0 Å². The van der Waals surface area contributed by atoms with Crippen LogP contribution in [0, 0.1) is 13.8 Å². The molecular formula is C21H30N2O4. The van der Waals surface area contributed by atoms with Gasteiger partial charge in [0.2, 0.25) is 5.91 Å². The number of aryl methyl sites for hydroxylation is 2. The van der Waals surface area contributed by atoms with E-state index in [1.54, 1.807) is 30.2 Å². The van der Waals surface area contributed by atoms with Crippen molar-refractivity contribution in [1.82, 2.24) is 10.2 Å². The average molecular weight is 374 g/mol. The minimum absolute atomic E-state index is 0.0697. The van der Waals surface area contributed by atoms with Crippen LogP contribution in [-0.4, -0.2) is 29.8 Å². The van der Waals surface area contributed by atoms with E-state index in [1.165, 1.54) is 0 Å². The molecule has 2 aromatic heterocycles. The van der Waals surface area contributed by atoms with E-state index in [0.717, 1.165) is 31.4 Å². The fourth-order valence-electron chi connectivity index (χ4n) is 2.98. The Hall–Kier alpha value is -2.50. The topological polar surface area (TPSA) is 75.7 Å². The van der Waals surface area contributed by atoms with E-state index in [1.807, 2.05) is 13.0 Å². The van der Waals surface area contributed by atoms with Crippen molar-refractivity contribution in [2.24, 2.45) is 0 Å². The predicted molar refractivity (Wildman–Crippen MR) is 103 cm³/mol. The van der Waals surface area contributed by atoms with E-state index in [-0.39, 0.29) is 18.2 Å². The molecule has 2 rings (SSSR count). The molecule has 0 spiro atoms. The summed E-state index contributed by atoms with van der Waals surface area (Å²) in [6.07, 6.45) is 6.14. The Bertz CT molecular complexity index is 719. The van der Waals surface area contributed by atoms with Gasteiger partial charge in [0.1, 0.15) is 17.3 Å². The van der Waals surface area contributed by atoms with Gasteiger partial charge in [0, 0.05) is 19.5 Å². The first-order chi connectivity index (χ1) is 13.0. The Morgan fingerprint density at radius 3 is 2.59 bits per heavy atom. The van der Waals surface area contributed by atoms with E-state index in [2.05, 4.69) is 12.2 Å². The van der Waals surface area contributed by atoms with Crippen LogP contribution in [0.2, 0.25) is 0 Å². The van der Waals surface area contributed by atoms with E-state index in [9.17, 15) is 9.59 Å². The molecule has 27 heavy (non-hydrogen) atoms. The summed E-state index contributed by atoms with van der Waals surface area (Å²) < 4.78 is 10.7. The number of nitrogens with one attached hydrogen (secondary N) is 1. The van der Waals surface area contributed by atoms with Gasteiger partial charge in [-0.1, -0.05) is 26.2 Å². The van der Waals surface area contributed by atoms with Crippen molar-refractivity contribution in [2.75, 3.05) is 13.1 Å². The lowest BCUT2D eigenvalue weighted by molar-refractivity contribution is -0.121. The SMILES string of the molecule is CCCCCCN(CCC(=O)NCc1ccco1)C(=O)c1cc(C)oc1C. The summed E-state index contributed by atoms with van der Waals surface area (Å²) >= 11 is 0. The molecule has 0 radical (unpaired) electrons. The third kappa shape index (κ3) is 6.62. The minimum Gasteiger partial charge on any atom is -0.467 e. The highest BCUT2D eigenvalue weighted by atomic mass is 16.3. The number of hydrogen-bond acceptors (Lipinski definition) is 4. The average Bonchev–Trinajstić information content (AvgIpc) is 3.28. The predicted octanol–water partition coefficient (Wildman–Crippen LogP) is 4.22. The zero-order valence-electron chi connectivity index (χ0n) is 16.5. The summed E-state index contributed by atoms with van der Waals surface area (Å²) in [6, 6.07) is 5.37. The van der Waals surface area contributed by atoms with E-state index in [0.29, 0.717) is 36.7 Å². The summed E-state index contributed by atoms with van der Waals surface area (Å²) in [5.41, 5.74) is 0.582. The summed E-state index contributed by atoms with van der Waals surface area (Å²) in [5.74, 6) is 1.88. The molecule has 0 aliphatic heterocycles. The van der Waals surface area contributed by atoms with Gasteiger partial charge in [-0.05, 0) is 38.5 Å². The summed E-state index contributed by atoms with van der Waals surface area (Å²) in [4.78, 5) is 26.8. The number of rotatable bonds is 11. The van der Waals surface area contributed by atoms with Gasteiger partial charge < -0.3 is 19.1 Å². The quantitative estimate of drug-likeness (QED) is 0.598. The van der Waals surface area contributed by atoms with Gasteiger partial charge in [-0.3, -0.25) is 9.59 Å². The number of furan rings is 2. The molecule has 0 fully saturated rings. The third-order valence-corrected chi connectivity index (χ3v) is 4.49. The number of carbonyl (C=O) groups excluding carboxylic acids is 2. The lowest BCUT2D eigenvalue weighted by Gasteiger charge is -2.22. The molecule has 0 bridgehead atoms. The number of amides is 2. The van der Waals surface area contributed by atoms with Crippen LogP contribution in [0.4, 0.5) is 0 Å². The van der Waals surface area contributed by atoms with Gasteiger partial charge >= 0.3 is 0 Å². The number of hydrogen-bond donors (Lipinski definition) is 1. The van der Waals surface area contributed by atoms with Crippen molar-refractivity contribution in [3.05, 3.63) is 47.3 Å². The first-order valence-corrected chi connectivity index (χ1v) is 9.66. The fourth-order valence-corrected chi connectivity index (χ4v) is 2.98. The number of carbonyl (C=O) groups is 2. The monoisotopic (exact) mass is 374 g/mol. The highest BCUT2D eigenvalue weighted by Crippen LogP contribution is 2.17. The Balaban J connectivity index is 1.91. The maximum Gasteiger partial charge on any atom is 0.257 e. The van der Waals surface area contributed by atoms with E-state index in [4.69, 9.17) is 8.83 Å². The van der Waals surface area contributed by atoms with Crippen LogP contribution in [0.25, 0.3) is 0 Å². The maximum atomic E-state index is 12.9. The van der Waals surface area contributed by atoms with Crippen LogP contribution >= 0.6 is 0 Å².